The number of hydrogen-bond donors (Lipinski definition) is 1. The Bertz CT molecular complexity index is 457. The van der Waals surface area contributed by atoms with E-state index in [1.807, 2.05) is 44.2 Å². The van der Waals surface area contributed by atoms with E-state index in [0.29, 0.717) is 6.61 Å². The zero-order chi connectivity index (χ0) is 12.3. The van der Waals surface area contributed by atoms with Crippen molar-refractivity contribution in [3.8, 4) is 5.75 Å². The maximum absolute atomic E-state index is 5.97. The van der Waals surface area contributed by atoms with Gasteiger partial charge >= 0.3 is 0 Å². The van der Waals surface area contributed by atoms with E-state index in [1.54, 1.807) is 6.26 Å². The average molecular weight is 231 g/mol. The number of para-hydroxylation sites is 1. The van der Waals surface area contributed by atoms with Gasteiger partial charge in [-0.05, 0) is 37.1 Å². The van der Waals surface area contributed by atoms with Crippen molar-refractivity contribution in [2.75, 3.05) is 6.61 Å². The van der Waals surface area contributed by atoms with Gasteiger partial charge in [0.05, 0.1) is 12.3 Å². The van der Waals surface area contributed by atoms with Crippen molar-refractivity contribution in [1.82, 2.24) is 0 Å². The molecule has 0 spiro atoms. The van der Waals surface area contributed by atoms with Crippen LogP contribution in [0.1, 0.15) is 22.9 Å². The summed E-state index contributed by atoms with van der Waals surface area (Å²) in [6.45, 7) is 4.47. The van der Waals surface area contributed by atoms with Crippen LogP contribution in [0, 0.1) is 13.8 Å². The molecule has 0 saturated carbocycles. The molecule has 90 valence electrons. The van der Waals surface area contributed by atoms with Crippen LogP contribution in [-0.2, 0) is 0 Å². The Kier molecular flexibility index (Phi) is 3.49. The highest BCUT2D eigenvalue weighted by Crippen LogP contribution is 2.23. The molecule has 0 amide bonds. The van der Waals surface area contributed by atoms with Crippen molar-refractivity contribution in [1.29, 1.82) is 0 Å². The highest BCUT2D eigenvalue weighted by atomic mass is 16.5. The summed E-state index contributed by atoms with van der Waals surface area (Å²) >= 11 is 0. The second-order valence-electron chi connectivity index (χ2n) is 4.15. The Labute approximate surface area is 101 Å². The molecular formula is C14H17NO2. The zero-order valence-electron chi connectivity index (χ0n) is 10.1. The van der Waals surface area contributed by atoms with E-state index >= 15 is 0 Å². The van der Waals surface area contributed by atoms with Crippen molar-refractivity contribution in [3.63, 3.8) is 0 Å². The van der Waals surface area contributed by atoms with E-state index in [0.717, 1.165) is 22.6 Å². The number of rotatable bonds is 4. The van der Waals surface area contributed by atoms with Crippen molar-refractivity contribution in [3.05, 3.63) is 53.5 Å². The molecule has 2 aromatic rings. The van der Waals surface area contributed by atoms with Crippen molar-refractivity contribution in [2.24, 2.45) is 5.73 Å². The molecule has 1 aromatic carbocycles. The minimum atomic E-state index is -0.232. The van der Waals surface area contributed by atoms with Gasteiger partial charge in [-0.3, -0.25) is 0 Å². The first kappa shape index (κ1) is 11.7. The van der Waals surface area contributed by atoms with Crippen LogP contribution in [0.25, 0.3) is 0 Å². The van der Waals surface area contributed by atoms with E-state index in [-0.39, 0.29) is 6.04 Å². The standard InChI is InChI=1S/C14H17NO2/c1-10-5-3-6-11(2)14(10)17-9-12(15)13-7-4-8-16-13/h3-8,12H,9,15H2,1-2H3. The first-order chi connectivity index (χ1) is 8.18. The Balaban J connectivity index is 2.03. The topological polar surface area (TPSA) is 48.4 Å². The summed E-state index contributed by atoms with van der Waals surface area (Å²) in [5.74, 6) is 1.66. The zero-order valence-corrected chi connectivity index (χ0v) is 10.1. The number of ether oxygens (including phenoxy) is 1. The Hall–Kier alpha value is -1.74. The Morgan fingerprint density at radius 2 is 1.88 bits per heavy atom. The molecule has 2 rings (SSSR count). The van der Waals surface area contributed by atoms with E-state index in [4.69, 9.17) is 14.9 Å². The monoisotopic (exact) mass is 231 g/mol. The summed E-state index contributed by atoms with van der Waals surface area (Å²) in [4.78, 5) is 0. The molecule has 2 N–H and O–H groups in total. The lowest BCUT2D eigenvalue weighted by molar-refractivity contribution is 0.270. The molecule has 1 unspecified atom stereocenters. The highest BCUT2D eigenvalue weighted by Gasteiger charge is 2.11. The largest absolute Gasteiger partial charge is 0.491 e. The molecule has 0 saturated heterocycles. The van der Waals surface area contributed by atoms with Crippen LogP contribution in [0.3, 0.4) is 0 Å². The van der Waals surface area contributed by atoms with Gasteiger partial charge in [-0.25, -0.2) is 0 Å². The van der Waals surface area contributed by atoms with Crippen LogP contribution < -0.4 is 10.5 Å². The Morgan fingerprint density at radius 1 is 1.18 bits per heavy atom. The van der Waals surface area contributed by atoms with Crippen molar-refractivity contribution >= 4 is 0 Å². The lowest BCUT2D eigenvalue weighted by Crippen LogP contribution is -2.18. The van der Waals surface area contributed by atoms with Gasteiger partial charge in [0.15, 0.2) is 0 Å². The molecule has 0 fully saturated rings. The fourth-order valence-electron chi connectivity index (χ4n) is 1.78. The molecule has 1 heterocycles. The summed E-state index contributed by atoms with van der Waals surface area (Å²) in [7, 11) is 0. The van der Waals surface area contributed by atoms with E-state index in [9.17, 15) is 0 Å². The molecule has 17 heavy (non-hydrogen) atoms. The third kappa shape index (κ3) is 2.68. The number of hydrogen-bond acceptors (Lipinski definition) is 3. The third-order valence-electron chi connectivity index (χ3n) is 2.72. The molecule has 0 aliphatic carbocycles. The predicted octanol–water partition coefficient (Wildman–Crippen LogP) is 2.98. The van der Waals surface area contributed by atoms with Crippen molar-refractivity contribution < 1.29 is 9.15 Å². The van der Waals surface area contributed by atoms with Gasteiger partial charge in [0, 0.05) is 0 Å². The SMILES string of the molecule is Cc1cccc(C)c1OCC(N)c1ccco1. The molecule has 0 aliphatic rings. The number of nitrogens with two attached hydrogens (primary N) is 1. The molecule has 0 radical (unpaired) electrons. The van der Waals surface area contributed by atoms with E-state index in [2.05, 4.69) is 0 Å². The molecular weight excluding hydrogens is 214 g/mol. The van der Waals surface area contributed by atoms with Crippen LogP contribution in [0.15, 0.2) is 41.0 Å². The predicted molar refractivity (Wildman–Crippen MR) is 67.0 cm³/mol. The van der Waals surface area contributed by atoms with Crippen LogP contribution in [-0.4, -0.2) is 6.61 Å². The maximum Gasteiger partial charge on any atom is 0.125 e. The lowest BCUT2D eigenvalue weighted by Gasteiger charge is -2.14. The minimum absolute atomic E-state index is 0.232. The third-order valence-corrected chi connectivity index (χ3v) is 2.72. The van der Waals surface area contributed by atoms with E-state index in [1.165, 1.54) is 0 Å². The smallest absolute Gasteiger partial charge is 0.125 e. The summed E-state index contributed by atoms with van der Waals surface area (Å²) in [6, 6.07) is 9.53. The highest BCUT2D eigenvalue weighted by molar-refractivity contribution is 5.39. The Morgan fingerprint density at radius 3 is 2.47 bits per heavy atom. The van der Waals surface area contributed by atoms with Gasteiger partial charge in [0.1, 0.15) is 18.1 Å². The first-order valence-corrected chi connectivity index (χ1v) is 5.66. The molecule has 0 bridgehead atoms. The normalized spacial score (nSPS) is 12.4. The fraction of sp³-hybridized carbons (Fsp3) is 0.286. The maximum atomic E-state index is 5.97. The summed E-state index contributed by atoms with van der Waals surface area (Å²) < 4.78 is 11.0. The number of furan rings is 1. The summed E-state index contributed by atoms with van der Waals surface area (Å²) in [6.07, 6.45) is 1.62. The van der Waals surface area contributed by atoms with Gasteiger partial charge in [0.25, 0.3) is 0 Å². The van der Waals surface area contributed by atoms with Gasteiger partial charge in [-0.1, -0.05) is 18.2 Å². The second kappa shape index (κ2) is 5.06. The van der Waals surface area contributed by atoms with Crippen LogP contribution >= 0.6 is 0 Å². The quantitative estimate of drug-likeness (QED) is 0.880. The molecule has 0 aliphatic heterocycles. The number of aryl methyl sites for hydroxylation is 2. The molecule has 1 atom stereocenters. The fourth-order valence-corrected chi connectivity index (χ4v) is 1.78. The summed E-state index contributed by atoms with van der Waals surface area (Å²) in [5.41, 5.74) is 8.21. The van der Waals surface area contributed by atoms with Gasteiger partial charge in [-0.2, -0.15) is 0 Å². The van der Waals surface area contributed by atoms with Crippen molar-refractivity contribution in [2.45, 2.75) is 19.9 Å². The van der Waals surface area contributed by atoms with Crippen LogP contribution in [0.2, 0.25) is 0 Å². The first-order valence-electron chi connectivity index (χ1n) is 5.66. The number of benzene rings is 1. The second-order valence-corrected chi connectivity index (χ2v) is 4.15. The van der Waals surface area contributed by atoms with Crippen LogP contribution in [0.4, 0.5) is 0 Å². The van der Waals surface area contributed by atoms with Gasteiger partial charge in [-0.15, -0.1) is 0 Å². The van der Waals surface area contributed by atoms with Gasteiger partial charge < -0.3 is 14.9 Å². The molecule has 3 nitrogen and oxygen atoms in total. The summed E-state index contributed by atoms with van der Waals surface area (Å²) in [5, 5.41) is 0. The van der Waals surface area contributed by atoms with E-state index < -0.39 is 0 Å². The van der Waals surface area contributed by atoms with Gasteiger partial charge in [0.2, 0.25) is 0 Å². The minimum Gasteiger partial charge on any atom is -0.491 e. The van der Waals surface area contributed by atoms with Crippen LogP contribution in [0.5, 0.6) is 5.75 Å². The lowest BCUT2D eigenvalue weighted by atomic mass is 10.1. The average Bonchev–Trinajstić information content (AvgIpc) is 2.81. The molecule has 3 heteroatoms. The molecule has 1 aromatic heterocycles.